The molecule has 1 fully saturated rings. The Morgan fingerprint density at radius 2 is 1.96 bits per heavy atom. The monoisotopic (exact) mass is 382 g/mol. The summed E-state index contributed by atoms with van der Waals surface area (Å²) in [6.07, 6.45) is 0. The number of rotatable bonds is 6. The number of halogens is 1. The largest absolute Gasteiger partial charge is 0.378 e. The maximum absolute atomic E-state index is 14.0. The number of nitrogens with zero attached hydrogens (tertiary/aromatic N) is 3. The van der Waals surface area contributed by atoms with Gasteiger partial charge in [0.05, 0.1) is 31.4 Å². The van der Waals surface area contributed by atoms with Crippen LogP contribution in [0.1, 0.15) is 11.1 Å². The summed E-state index contributed by atoms with van der Waals surface area (Å²) in [5.41, 5.74) is 2.56. The molecular weight excluding hydrogens is 359 g/mol. The lowest BCUT2D eigenvalue weighted by molar-refractivity contribution is -0.117. The minimum atomic E-state index is -0.440. The zero-order valence-electron chi connectivity index (χ0n) is 15.8. The Hall–Kier alpha value is -2.95. The van der Waals surface area contributed by atoms with E-state index in [0.29, 0.717) is 5.56 Å². The maximum Gasteiger partial charge on any atom is 0.238 e. The van der Waals surface area contributed by atoms with Gasteiger partial charge in [-0.25, -0.2) is 4.39 Å². The first kappa shape index (κ1) is 19.8. The zero-order valence-corrected chi connectivity index (χ0v) is 15.8. The molecule has 0 atom stereocenters. The summed E-state index contributed by atoms with van der Waals surface area (Å²) < 4.78 is 19.3. The molecule has 146 valence electrons. The lowest BCUT2D eigenvalue weighted by atomic mass is 10.1. The number of hydrogen-bond donors (Lipinski definition) is 1. The first-order valence-corrected chi connectivity index (χ1v) is 9.15. The summed E-state index contributed by atoms with van der Waals surface area (Å²) in [5.74, 6) is -0.610. The van der Waals surface area contributed by atoms with Gasteiger partial charge in [-0.3, -0.25) is 9.69 Å². The summed E-state index contributed by atoms with van der Waals surface area (Å²) in [4.78, 5) is 16.2. The number of benzene rings is 2. The van der Waals surface area contributed by atoms with Crippen LogP contribution in [0, 0.1) is 17.1 Å². The van der Waals surface area contributed by atoms with E-state index < -0.39 is 5.82 Å². The molecule has 0 radical (unpaired) electrons. The van der Waals surface area contributed by atoms with E-state index in [-0.39, 0.29) is 24.6 Å². The fourth-order valence-corrected chi connectivity index (χ4v) is 3.11. The molecule has 28 heavy (non-hydrogen) atoms. The number of amides is 1. The number of morpholine rings is 1. The molecule has 6 nitrogen and oxygen atoms in total. The van der Waals surface area contributed by atoms with E-state index in [1.807, 2.05) is 30.3 Å². The molecular formula is C21H23FN4O2. The van der Waals surface area contributed by atoms with E-state index in [0.717, 1.165) is 37.7 Å². The van der Waals surface area contributed by atoms with Crippen molar-refractivity contribution in [3.8, 4) is 6.07 Å². The third-order valence-electron chi connectivity index (χ3n) is 4.56. The van der Waals surface area contributed by atoms with Crippen molar-refractivity contribution < 1.29 is 13.9 Å². The van der Waals surface area contributed by atoms with Crippen molar-refractivity contribution in [1.82, 2.24) is 4.90 Å². The molecule has 0 aliphatic carbocycles. The van der Waals surface area contributed by atoms with Crippen LogP contribution in [0.2, 0.25) is 0 Å². The van der Waals surface area contributed by atoms with Crippen LogP contribution in [0.5, 0.6) is 0 Å². The van der Waals surface area contributed by atoms with E-state index in [1.165, 1.54) is 6.07 Å². The van der Waals surface area contributed by atoms with Crippen LogP contribution >= 0.6 is 0 Å². The highest BCUT2D eigenvalue weighted by Gasteiger charge is 2.13. The summed E-state index contributed by atoms with van der Waals surface area (Å²) in [7, 11) is 1.75. The number of likely N-dealkylation sites (N-methyl/N-ethyl adjacent to an activating group) is 1. The number of carbonyl (C=O) groups is 1. The second-order valence-electron chi connectivity index (χ2n) is 6.78. The van der Waals surface area contributed by atoms with Gasteiger partial charge in [-0.1, -0.05) is 6.07 Å². The Labute approximate surface area is 164 Å². The molecule has 3 rings (SSSR count). The Morgan fingerprint density at radius 3 is 2.61 bits per heavy atom. The normalized spacial score (nSPS) is 14.0. The number of anilines is 2. The molecule has 1 aliphatic heterocycles. The molecule has 7 heteroatoms. The zero-order chi connectivity index (χ0) is 19.9. The van der Waals surface area contributed by atoms with Crippen LogP contribution in [0.15, 0.2) is 42.5 Å². The molecule has 0 bridgehead atoms. The van der Waals surface area contributed by atoms with Gasteiger partial charge in [-0.05, 0) is 43.4 Å². The van der Waals surface area contributed by atoms with Gasteiger partial charge in [0.1, 0.15) is 5.82 Å². The smallest absolute Gasteiger partial charge is 0.238 e. The van der Waals surface area contributed by atoms with E-state index in [9.17, 15) is 9.18 Å². The molecule has 1 amide bonds. The number of nitrogens with one attached hydrogen (secondary N) is 1. The Kier molecular flexibility index (Phi) is 6.58. The molecule has 2 aromatic rings. The van der Waals surface area contributed by atoms with E-state index >= 15 is 0 Å². The van der Waals surface area contributed by atoms with Crippen molar-refractivity contribution in [3.63, 3.8) is 0 Å². The summed E-state index contributed by atoms with van der Waals surface area (Å²) in [6.45, 7) is 3.59. The maximum atomic E-state index is 14.0. The van der Waals surface area contributed by atoms with Gasteiger partial charge < -0.3 is 15.0 Å². The predicted octanol–water partition coefficient (Wildman–Crippen LogP) is 2.60. The minimum absolute atomic E-state index is 0.130. The highest BCUT2D eigenvalue weighted by molar-refractivity contribution is 5.92. The Morgan fingerprint density at radius 1 is 1.25 bits per heavy atom. The number of nitriles is 1. The van der Waals surface area contributed by atoms with Crippen LogP contribution in [0.3, 0.4) is 0 Å². The number of carbonyl (C=O) groups excluding carboxylic acids is 1. The van der Waals surface area contributed by atoms with Crippen LogP contribution in [0.25, 0.3) is 0 Å². The summed E-state index contributed by atoms with van der Waals surface area (Å²) in [6, 6.07) is 14.0. The van der Waals surface area contributed by atoms with Crippen molar-refractivity contribution in [2.75, 3.05) is 50.1 Å². The molecule has 2 aromatic carbocycles. The molecule has 1 saturated heterocycles. The third-order valence-corrected chi connectivity index (χ3v) is 4.56. The average molecular weight is 382 g/mol. The fourth-order valence-electron chi connectivity index (χ4n) is 3.11. The third kappa shape index (κ3) is 5.28. The van der Waals surface area contributed by atoms with Gasteiger partial charge in [-0.15, -0.1) is 0 Å². The fraction of sp³-hybridized carbons (Fsp3) is 0.333. The van der Waals surface area contributed by atoms with Crippen LogP contribution in [-0.2, 0) is 16.1 Å². The minimum Gasteiger partial charge on any atom is -0.378 e. The molecule has 0 unspecified atom stereocenters. The van der Waals surface area contributed by atoms with Crippen molar-refractivity contribution in [3.05, 3.63) is 59.4 Å². The van der Waals surface area contributed by atoms with Gasteiger partial charge in [0.15, 0.2) is 0 Å². The lowest BCUT2D eigenvalue weighted by Crippen LogP contribution is -2.36. The van der Waals surface area contributed by atoms with E-state index in [1.54, 1.807) is 24.1 Å². The van der Waals surface area contributed by atoms with Gasteiger partial charge in [-0.2, -0.15) is 5.26 Å². The van der Waals surface area contributed by atoms with Gasteiger partial charge in [0.2, 0.25) is 5.91 Å². The first-order valence-electron chi connectivity index (χ1n) is 9.15. The van der Waals surface area contributed by atoms with E-state index in [4.69, 9.17) is 10.00 Å². The second kappa shape index (κ2) is 9.31. The van der Waals surface area contributed by atoms with Crippen molar-refractivity contribution in [2.24, 2.45) is 0 Å². The molecule has 0 spiro atoms. The first-order chi connectivity index (χ1) is 13.5. The predicted molar refractivity (Wildman–Crippen MR) is 106 cm³/mol. The molecule has 0 saturated carbocycles. The number of ether oxygens (including phenoxy) is 1. The van der Waals surface area contributed by atoms with Gasteiger partial charge >= 0.3 is 0 Å². The quantitative estimate of drug-likeness (QED) is 0.832. The van der Waals surface area contributed by atoms with Crippen LogP contribution in [-0.4, -0.2) is 50.7 Å². The molecule has 1 N–H and O–H groups in total. The number of hydrogen-bond acceptors (Lipinski definition) is 5. The lowest BCUT2D eigenvalue weighted by Gasteiger charge is -2.28. The van der Waals surface area contributed by atoms with Crippen LogP contribution < -0.4 is 10.2 Å². The Balaban J connectivity index is 1.51. The van der Waals surface area contributed by atoms with Gasteiger partial charge in [0.25, 0.3) is 0 Å². The topological polar surface area (TPSA) is 68.6 Å². The average Bonchev–Trinajstić information content (AvgIpc) is 2.70. The molecule has 1 aliphatic rings. The molecule has 0 aromatic heterocycles. The highest BCUT2D eigenvalue weighted by Crippen LogP contribution is 2.19. The van der Waals surface area contributed by atoms with Crippen LogP contribution in [0.4, 0.5) is 15.8 Å². The van der Waals surface area contributed by atoms with Crippen molar-refractivity contribution >= 4 is 17.3 Å². The van der Waals surface area contributed by atoms with Gasteiger partial charge in [0, 0.05) is 36.6 Å². The molecule has 1 heterocycles. The SMILES string of the molecule is CN(CC(=O)Nc1ccc(N2CCOCC2)cc1)Cc1ccc(C#N)cc1F. The summed E-state index contributed by atoms with van der Waals surface area (Å²) >= 11 is 0. The van der Waals surface area contributed by atoms with E-state index in [2.05, 4.69) is 10.2 Å². The van der Waals surface area contributed by atoms with Crippen molar-refractivity contribution in [1.29, 1.82) is 5.26 Å². The Bertz CT molecular complexity index is 858. The standard InChI is InChI=1S/C21H23FN4O2/c1-25(14-17-3-2-16(13-23)12-20(17)22)15-21(27)24-18-4-6-19(7-5-18)26-8-10-28-11-9-26/h2-7,12H,8-11,14-15H2,1H3,(H,24,27). The summed E-state index contributed by atoms with van der Waals surface area (Å²) in [5, 5.41) is 11.7. The van der Waals surface area contributed by atoms with Crippen molar-refractivity contribution in [2.45, 2.75) is 6.54 Å². The highest BCUT2D eigenvalue weighted by atomic mass is 19.1. The second-order valence-corrected chi connectivity index (χ2v) is 6.78.